The quantitative estimate of drug-likeness (QED) is 0.447. The Balaban J connectivity index is 1.79. The van der Waals surface area contributed by atoms with E-state index in [0.717, 1.165) is 23.0 Å². The number of nitrogens with one attached hydrogen (secondary N) is 3. The molecule has 0 radical (unpaired) electrons. The van der Waals surface area contributed by atoms with Crippen LogP contribution in [0.5, 0.6) is 0 Å². The maximum atomic E-state index is 12.5. The Hall–Kier alpha value is -3.47. The molecule has 1 atom stereocenters. The number of nitrogens with zero attached hydrogens (tertiary/aromatic N) is 4. The van der Waals surface area contributed by atoms with Crippen LogP contribution in [0.4, 0.5) is 4.79 Å². The molecule has 0 bridgehead atoms. The van der Waals surface area contributed by atoms with Gasteiger partial charge in [-0.15, -0.1) is 16.8 Å². The number of thioether (sulfide) groups is 1. The van der Waals surface area contributed by atoms with Crippen molar-refractivity contribution in [2.45, 2.75) is 24.0 Å². The fourth-order valence-electron chi connectivity index (χ4n) is 2.87. The van der Waals surface area contributed by atoms with E-state index in [1.165, 1.54) is 7.05 Å². The summed E-state index contributed by atoms with van der Waals surface area (Å²) in [6.45, 7) is 4.11. The van der Waals surface area contributed by atoms with Crippen molar-refractivity contribution in [3.63, 3.8) is 0 Å². The standard InChI is InChI=1S/C19H21N7O3S/c1-3-9-26-16(23-25-19(26)30-11-15(27)21-18(29)20-2)13-10-14(22-24-17(13)28)12-7-5-4-6-8-12/h3-8,13H,1,9-11H2,2H3,(H,24,28)(H2,20,21,27,29)/t13-/m1/s1. The van der Waals surface area contributed by atoms with E-state index in [0.29, 0.717) is 23.9 Å². The second-order valence-corrected chi connectivity index (χ2v) is 7.26. The van der Waals surface area contributed by atoms with Gasteiger partial charge < -0.3 is 9.88 Å². The lowest BCUT2D eigenvalue weighted by molar-refractivity contribution is -0.123. The molecule has 0 unspecified atom stereocenters. The Morgan fingerprint density at radius 3 is 2.80 bits per heavy atom. The second-order valence-electron chi connectivity index (χ2n) is 6.31. The number of urea groups is 1. The normalized spacial score (nSPS) is 15.7. The molecule has 1 aromatic heterocycles. The molecule has 2 aromatic rings. The van der Waals surface area contributed by atoms with E-state index in [-0.39, 0.29) is 11.7 Å². The van der Waals surface area contributed by atoms with Gasteiger partial charge in [-0.25, -0.2) is 10.2 Å². The highest BCUT2D eigenvalue weighted by Gasteiger charge is 2.32. The lowest BCUT2D eigenvalue weighted by atomic mass is 9.95. The number of hydrogen-bond acceptors (Lipinski definition) is 7. The van der Waals surface area contributed by atoms with Crippen LogP contribution in [0.15, 0.2) is 53.2 Å². The zero-order valence-corrected chi connectivity index (χ0v) is 17.1. The number of carbonyl (C=O) groups is 3. The van der Waals surface area contributed by atoms with Gasteiger partial charge in [-0.1, -0.05) is 48.2 Å². The van der Waals surface area contributed by atoms with Crippen LogP contribution in [0.3, 0.4) is 0 Å². The summed E-state index contributed by atoms with van der Waals surface area (Å²) in [5, 5.41) is 17.5. The molecule has 11 heteroatoms. The van der Waals surface area contributed by atoms with Gasteiger partial charge >= 0.3 is 6.03 Å². The minimum absolute atomic E-state index is 0.0315. The fourth-order valence-corrected chi connectivity index (χ4v) is 3.63. The Kier molecular flexibility index (Phi) is 6.96. The highest BCUT2D eigenvalue weighted by atomic mass is 32.2. The van der Waals surface area contributed by atoms with Crippen molar-refractivity contribution in [1.82, 2.24) is 30.8 Å². The van der Waals surface area contributed by atoms with Crippen LogP contribution in [-0.2, 0) is 16.1 Å². The number of rotatable bonds is 7. The molecule has 1 aliphatic rings. The number of aromatic nitrogens is 3. The molecule has 1 aliphatic heterocycles. The van der Waals surface area contributed by atoms with Crippen molar-refractivity contribution in [2.75, 3.05) is 12.8 Å². The van der Waals surface area contributed by atoms with Gasteiger partial charge in [0.1, 0.15) is 11.7 Å². The molecule has 156 valence electrons. The maximum absolute atomic E-state index is 12.5. The molecule has 0 saturated carbocycles. The zero-order chi connectivity index (χ0) is 21.5. The number of amides is 4. The summed E-state index contributed by atoms with van der Waals surface area (Å²) >= 11 is 1.12. The van der Waals surface area contributed by atoms with Crippen LogP contribution in [0.2, 0.25) is 0 Å². The summed E-state index contributed by atoms with van der Waals surface area (Å²) in [5.74, 6) is -0.899. The molecule has 30 heavy (non-hydrogen) atoms. The Labute approximate surface area is 177 Å². The number of hydrogen-bond donors (Lipinski definition) is 3. The molecule has 0 saturated heterocycles. The predicted octanol–water partition coefficient (Wildman–Crippen LogP) is 1.02. The molecule has 3 rings (SSSR count). The first kappa shape index (κ1) is 21.2. The van der Waals surface area contributed by atoms with E-state index >= 15 is 0 Å². The predicted molar refractivity (Wildman–Crippen MR) is 112 cm³/mol. The summed E-state index contributed by atoms with van der Waals surface area (Å²) in [5.41, 5.74) is 4.22. The Morgan fingerprint density at radius 2 is 2.10 bits per heavy atom. The monoisotopic (exact) mass is 427 g/mol. The molecule has 0 fully saturated rings. The van der Waals surface area contributed by atoms with Crippen LogP contribution in [0.25, 0.3) is 0 Å². The van der Waals surface area contributed by atoms with E-state index in [2.05, 4.69) is 37.9 Å². The van der Waals surface area contributed by atoms with Crippen LogP contribution in [0.1, 0.15) is 23.7 Å². The van der Waals surface area contributed by atoms with E-state index in [1.54, 1.807) is 10.6 Å². The SMILES string of the molecule is C=CCn1c(SCC(=O)NC(=O)NC)nnc1[C@H]1CC(c2ccccc2)=NNC1=O. The van der Waals surface area contributed by atoms with Crippen molar-refractivity contribution in [2.24, 2.45) is 5.10 Å². The van der Waals surface area contributed by atoms with Crippen molar-refractivity contribution in [3.05, 3.63) is 54.4 Å². The van der Waals surface area contributed by atoms with E-state index in [1.807, 2.05) is 30.3 Å². The van der Waals surface area contributed by atoms with E-state index in [4.69, 9.17) is 0 Å². The summed E-state index contributed by atoms with van der Waals surface area (Å²) in [4.78, 5) is 35.6. The van der Waals surface area contributed by atoms with Gasteiger partial charge in [0.15, 0.2) is 5.16 Å². The summed E-state index contributed by atoms with van der Waals surface area (Å²) in [7, 11) is 1.42. The van der Waals surface area contributed by atoms with E-state index in [9.17, 15) is 14.4 Å². The first-order chi connectivity index (χ1) is 14.5. The van der Waals surface area contributed by atoms with Gasteiger partial charge in [-0.2, -0.15) is 5.10 Å². The highest BCUT2D eigenvalue weighted by molar-refractivity contribution is 7.99. The maximum Gasteiger partial charge on any atom is 0.321 e. The minimum Gasteiger partial charge on any atom is -0.341 e. The molecular formula is C19H21N7O3S. The largest absolute Gasteiger partial charge is 0.341 e. The van der Waals surface area contributed by atoms with Crippen molar-refractivity contribution >= 4 is 35.3 Å². The molecule has 2 heterocycles. The van der Waals surface area contributed by atoms with Crippen LogP contribution in [-0.4, -0.2) is 51.1 Å². The molecule has 4 amide bonds. The first-order valence-electron chi connectivity index (χ1n) is 9.13. The zero-order valence-electron chi connectivity index (χ0n) is 16.3. The van der Waals surface area contributed by atoms with Crippen LogP contribution in [0, 0.1) is 0 Å². The summed E-state index contributed by atoms with van der Waals surface area (Å²) < 4.78 is 1.74. The van der Waals surface area contributed by atoms with Gasteiger partial charge in [0.25, 0.3) is 5.91 Å². The summed E-state index contributed by atoms with van der Waals surface area (Å²) in [6.07, 6.45) is 2.03. The number of carbonyl (C=O) groups excluding carboxylic acids is 3. The third-order valence-corrected chi connectivity index (χ3v) is 5.27. The number of allylic oxidation sites excluding steroid dienone is 1. The van der Waals surface area contributed by atoms with Crippen LogP contribution >= 0.6 is 11.8 Å². The first-order valence-corrected chi connectivity index (χ1v) is 10.1. The molecular weight excluding hydrogens is 406 g/mol. The average molecular weight is 427 g/mol. The second kappa shape index (κ2) is 9.83. The van der Waals surface area contributed by atoms with Crippen molar-refractivity contribution in [1.29, 1.82) is 0 Å². The van der Waals surface area contributed by atoms with E-state index < -0.39 is 17.9 Å². The third-order valence-electron chi connectivity index (χ3n) is 4.30. The van der Waals surface area contributed by atoms with Gasteiger partial charge in [-0.3, -0.25) is 14.9 Å². The van der Waals surface area contributed by atoms with Crippen molar-refractivity contribution in [3.8, 4) is 0 Å². The number of imide groups is 1. The number of benzene rings is 1. The minimum atomic E-state index is -0.584. The fraction of sp³-hybridized carbons (Fsp3) is 0.263. The van der Waals surface area contributed by atoms with Gasteiger partial charge in [-0.05, 0) is 5.56 Å². The van der Waals surface area contributed by atoms with Gasteiger partial charge in [0, 0.05) is 20.0 Å². The van der Waals surface area contributed by atoms with Crippen LogP contribution < -0.4 is 16.1 Å². The molecule has 1 aromatic carbocycles. The van der Waals surface area contributed by atoms with Gasteiger partial charge in [0.2, 0.25) is 5.91 Å². The molecule has 0 aliphatic carbocycles. The summed E-state index contributed by atoms with van der Waals surface area (Å²) in [6, 6.07) is 8.99. The molecule has 3 N–H and O–H groups in total. The third kappa shape index (κ3) is 4.92. The molecule has 10 nitrogen and oxygen atoms in total. The highest BCUT2D eigenvalue weighted by Crippen LogP contribution is 2.27. The van der Waals surface area contributed by atoms with Gasteiger partial charge in [0.05, 0.1) is 11.5 Å². The average Bonchev–Trinajstić information content (AvgIpc) is 3.15. The Morgan fingerprint density at radius 1 is 1.33 bits per heavy atom. The van der Waals surface area contributed by atoms with Crippen molar-refractivity contribution < 1.29 is 14.4 Å². The Bertz CT molecular complexity index is 987. The molecule has 0 spiro atoms. The smallest absolute Gasteiger partial charge is 0.321 e. The lowest BCUT2D eigenvalue weighted by Gasteiger charge is -2.21. The topological polar surface area (TPSA) is 130 Å². The lowest BCUT2D eigenvalue weighted by Crippen LogP contribution is -2.38. The number of hydrazone groups is 1.